The highest BCUT2D eigenvalue weighted by Crippen LogP contribution is 2.41. The lowest BCUT2D eigenvalue weighted by molar-refractivity contribution is -0.393. The Morgan fingerprint density at radius 2 is 1.71 bits per heavy atom. The van der Waals surface area contributed by atoms with Crippen LogP contribution in [0.3, 0.4) is 0 Å². The number of rotatable bonds is 10. The number of carbonyl (C=O) groups excluding carboxylic acids is 1. The zero-order valence-electron chi connectivity index (χ0n) is 20.7. The number of nitro benzene ring substituents is 2. The minimum absolute atomic E-state index is 0.0409. The van der Waals surface area contributed by atoms with Crippen molar-refractivity contribution in [3.05, 3.63) is 55.0 Å². The Kier molecular flexibility index (Phi) is 8.97. The minimum atomic E-state index is -0.766. The molecule has 4 rings (SSSR count). The lowest BCUT2D eigenvalue weighted by Crippen LogP contribution is -2.38. The van der Waals surface area contributed by atoms with E-state index in [2.05, 4.69) is 36.4 Å². The van der Waals surface area contributed by atoms with Gasteiger partial charge in [-0.3, -0.25) is 25.0 Å². The second-order valence-electron chi connectivity index (χ2n) is 9.07. The van der Waals surface area contributed by atoms with Crippen molar-refractivity contribution >= 4 is 56.0 Å². The van der Waals surface area contributed by atoms with Gasteiger partial charge in [0.15, 0.2) is 5.69 Å². The Balaban J connectivity index is 1.67. The second kappa shape index (κ2) is 12.4. The lowest BCUT2D eigenvalue weighted by atomic mass is 10.1. The molecule has 0 bridgehead atoms. The van der Waals surface area contributed by atoms with Crippen LogP contribution in [0.1, 0.15) is 32.6 Å². The summed E-state index contributed by atoms with van der Waals surface area (Å²) in [4.78, 5) is 35.3. The van der Waals surface area contributed by atoms with Crippen LogP contribution in [0.25, 0.3) is 0 Å². The number of azo groups is 1. The highest BCUT2D eigenvalue weighted by molar-refractivity contribution is 9.10. The molecular formula is C24H27BrN6O7. The molecule has 2 aliphatic heterocycles. The van der Waals surface area contributed by atoms with Gasteiger partial charge in [0.25, 0.3) is 5.69 Å². The summed E-state index contributed by atoms with van der Waals surface area (Å²) in [5.41, 5.74) is 0.245. The Labute approximate surface area is 226 Å². The average molecular weight is 591 g/mol. The van der Waals surface area contributed by atoms with Crippen molar-refractivity contribution in [1.29, 1.82) is 0 Å². The average Bonchev–Trinajstić information content (AvgIpc) is 3.57. The first-order valence-corrected chi connectivity index (χ1v) is 12.9. The van der Waals surface area contributed by atoms with E-state index in [1.54, 1.807) is 12.1 Å². The zero-order valence-corrected chi connectivity index (χ0v) is 22.3. The van der Waals surface area contributed by atoms with Crippen LogP contribution in [0.15, 0.2) is 45.0 Å². The summed E-state index contributed by atoms with van der Waals surface area (Å²) in [6, 6.07) is 7.22. The largest absolute Gasteiger partial charge is 0.376 e. The summed E-state index contributed by atoms with van der Waals surface area (Å²) in [6.45, 7) is 4.17. The van der Waals surface area contributed by atoms with Gasteiger partial charge < -0.3 is 19.7 Å². The molecule has 2 fully saturated rings. The molecule has 14 heteroatoms. The zero-order chi connectivity index (χ0) is 27.2. The van der Waals surface area contributed by atoms with Gasteiger partial charge >= 0.3 is 5.69 Å². The van der Waals surface area contributed by atoms with Crippen molar-refractivity contribution in [3.63, 3.8) is 0 Å². The molecule has 2 saturated heterocycles. The molecule has 13 nitrogen and oxygen atoms in total. The van der Waals surface area contributed by atoms with Gasteiger partial charge in [0.2, 0.25) is 5.91 Å². The molecule has 202 valence electrons. The number of hydrogen-bond acceptors (Lipinski definition) is 10. The lowest BCUT2D eigenvalue weighted by Gasteiger charge is -2.30. The van der Waals surface area contributed by atoms with Crippen LogP contribution in [0.5, 0.6) is 0 Å². The fourth-order valence-electron chi connectivity index (χ4n) is 4.47. The number of anilines is 2. The standard InChI is InChI=1S/C24H27BrN6O7/c1-15(32)26-22-11-16(29(13-18-4-2-8-37-18)14-19-5-3-9-38-19)6-7-21(22)27-28-24-20(25)10-17(30(33)34)12-23(24)31(35)36/h6-7,10-12,18-19H,2-5,8-9,13-14H2,1H3,(H,26,32). The van der Waals surface area contributed by atoms with E-state index in [-0.39, 0.29) is 34.0 Å². The van der Waals surface area contributed by atoms with Gasteiger partial charge in [0.05, 0.1) is 38.3 Å². The van der Waals surface area contributed by atoms with Crippen molar-refractivity contribution in [2.45, 2.75) is 44.8 Å². The molecule has 2 aliphatic rings. The van der Waals surface area contributed by atoms with Gasteiger partial charge in [-0.25, -0.2) is 0 Å². The maximum Gasteiger partial charge on any atom is 0.304 e. The highest BCUT2D eigenvalue weighted by atomic mass is 79.9. The number of non-ortho nitro benzene ring substituents is 1. The van der Waals surface area contributed by atoms with Crippen LogP contribution in [-0.4, -0.2) is 54.3 Å². The number of amides is 1. The highest BCUT2D eigenvalue weighted by Gasteiger charge is 2.26. The van der Waals surface area contributed by atoms with Crippen LogP contribution in [-0.2, 0) is 14.3 Å². The molecule has 2 aromatic carbocycles. The van der Waals surface area contributed by atoms with Crippen LogP contribution in [0.2, 0.25) is 0 Å². The molecule has 1 N–H and O–H groups in total. The van der Waals surface area contributed by atoms with Crippen molar-refractivity contribution < 1.29 is 24.1 Å². The van der Waals surface area contributed by atoms with Crippen molar-refractivity contribution in [3.8, 4) is 0 Å². The smallest absolute Gasteiger partial charge is 0.304 e. The third-order valence-electron chi connectivity index (χ3n) is 6.25. The van der Waals surface area contributed by atoms with Crippen LogP contribution in [0, 0.1) is 20.2 Å². The predicted molar refractivity (Wildman–Crippen MR) is 143 cm³/mol. The maximum atomic E-state index is 12.0. The Bertz CT molecular complexity index is 1230. The van der Waals surface area contributed by atoms with Crippen molar-refractivity contribution in [2.75, 3.05) is 36.5 Å². The van der Waals surface area contributed by atoms with Gasteiger partial charge in [-0.05, 0) is 59.8 Å². The topological polar surface area (TPSA) is 162 Å². The number of halogens is 1. The molecule has 2 unspecified atom stereocenters. The van der Waals surface area contributed by atoms with Crippen LogP contribution >= 0.6 is 15.9 Å². The number of benzene rings is 2. The maximum absolute atomic E-state index is 12.0. The first-order chi connectivity index (χ1) is 18.2. The quantitative estimate of drug-likeness (QED) is 0.206. The molecule has 38 heavy (non-hydrogen) atoms. The van der Waals surface area contributed by atoms with E-state index >= 15 is 0 Å². The number of nitrogens with zero attached hydrogens (tertiary/aromatic N) is 5. The molecule has 2 atom stereocenters. The van der Waals surface area contributed by atoms with E-state index in [0.717, 1.165) is 56.7 Å². The number of nitro groups is 2. The monoisotopic (exact) mass is 590 g/mol. The predicted octanol–water partition coefficient (Wildman–Crippen LogP) is 5.80. The molecule has 0 saturated carbocycles. The van der Waals surface area contributed by atoms with Crippen molar-refractivity contribution in [1.82, 2.24) is 0 Å². The minimum Gasteiger partial charge on any atom is -0.376 e. The number of ether oxygens (including phenoxy) is 2. The molecule has 0 radical (unpaired) electrons. The van der Waals surface area contributed by atoms with E-state index < -0.39 is 21.2 Å². The van der Waals surface area contributed by atoms with Gasteiger partial charge in [0, 0.05) is 45.0 Å². The normalized spacial score (nSPS) is 19.1. The first-order valence-electron chi connectivity index (χ1n) is 12.1. The Morgan fingerprint density at radius 1 is 1.05 bits per heavy atom. The summed E-state index contributed by atoms with van der Waals surface area (Å²) >= 11 is 3.12. The van der Waals surface area contributed by atoms with E-state index in [4.69, 9.17) is 9.47 Å². The SMILES string of the molecule is CC(=O)Nc1cc(N(CC2CCCO2)CC2CCCO2)ccc1N=Nc1c(Br)cc([N+](=O)[O-])cc1[N+](=O)[O-]. The molecular weight excluding hydrogens is 564 g/mol. The number of hydrogen-bond donors (Lipinski definition) is 1. The Morgan fingerprint density at radius 3 is 2.24 bits per heavy atom. The summed E-state index contributed by atoms with van der Waals surface area (Å²) in [5, 5.41) is 33.6. The van der Waals surface area contributed by atoms with Crippen LogP contribution < -0.4 is 10.2 Å². The summed E-state index contributed by atoms with van der Waals surface area (Å²) < 4.78 is 11.7. The first kappa shape index (κ1) is 27.5. The molecule has 0 aliphatic carbocycles. The van der Waals surface area contributed by atoms with E-state index in [0.29, 0.717) is 18.8 Å². The van der Waals surface area contributed by atoms with Crippen LogP contribution in [0.4, 0.5) is 34.1 Å². The van der Waals surface area contributed by atoms with Gasteiger partial charge in [-0.1, -0.05) is 0 Å². The third kappa shape index (κ3) is 6.88. The fourth-order valence-corrected chi connectivity index (χ4v) is 4.99. The second-order valence-corrected chi connectivity index (χ2v) is 9.92. The van der Waals surface area contributed by atoms with Gasteiger partial charge in [-0.2, -0.15) is 0 Å². The molecule has 1 amide bonds. The molecule has 0 spiro atoms. The van der Waals surface area contributed by atoms with E-state index in [1.165, 1.54) is 6.92 Å². The van der Waals surface area contributed by atoms with Gasteiger partial charge in [0.1, 0.15) is 5.69 Å². The third-order valence-corrected chi connectivity index (χ3v) is 6.85. The van der Waals surface area contributed by atoms with Gasteiger partial charge in [-0.15, -0.1) is 10.2 Å². The van der Waals surface area contributed by atoms with E-state index in [1.807, 2.05) is 6.07 Å². The van der Waals surface area contributed by atoms with E-state index in [9.17, 15) is 25.0 Å². The summed E-state index contributed by atoms with van der Waals surface area (Å²) in [7, 11) is 0. The fraction of sp³-hybridized carbons (Fsp3) is 0.458. The molecule has 2 aromatic rings. The molecule has 2 heterocycles. The number of carbonyl (C=O) groups is 1. The Hall–Kier alpha value is -3.49. The summed E-state index contributed by atoms with van der Waals surface area (Å²) in [5.74, 6) is -0.328. The number of nitrogens with one attached hydrogen (secondary N) is 1. The van der Waals surface area contributed by atoms with Crippen molar-refractivity contribution in [2.24, 2.45) is 10.2 Å². The summed E-state index contributed by atoms with van der Waals surface area (Å²) in [6.07, 6.45) is 4.16. The molecule has 0 aromatic heterocycles.